The van der Waals surface area contributed by atoms with Crippen molar-refractivity contribution >= 4 is 40.8 Å². The summed E-state index contributed by atoms with van der Waals surface area (Å²) < 4.78 is 81.9. The average Bonchev–Trinajstić information content (AvgIpc) is 3.31. The molecule has 226 valence electrons. The fourth-order valence-electron chi connectivity index (χ4n) is 5.25. The highest BCUT2D eigenvalue weighted by Crippen LogP contribution is 2.40. The summed E-state index contributed by atoms with van der Waals surface area (Å²) in [7, 11) is 0. The maximum atomic E-state index is 14.5. The molecule has 1 aliphatic heterocycles. The minimum Gasteiger partial charge on any atom is -0.351 e. The first kappa shape index (κ1) is 30.3. The number of benzene rings is 2. The number of anilines is 2. The monoisotopic (exact) mass is 624 g/mol. The molecule has 2 aliphatic rings. The van der Waals surface area contributed by atoms with Crippen molar-refractivity contribution in [3.63, 3.8) is 0 Å². The van der Waals surface area contributed by atoms with Gasteiger partial charge >= 0.3 is 6.18 Å². The first-order valence-electron chi connectivity index (χ1n) is 13.1. The van der Waals surface area contributed by atoms with Gasteiger partial charge in [-0.3, -0.25) is 24.2 Å². The van der Waals surface area contributed by atoms with Crippen LogP contribution in [0, 0.1) is 5.82 Å². The van der Waals surface area contributed by atoms with E-state index in [2.05, 4.69) is 10.3 Å². The summed E-state index contributed by atoms with van der Waals surface area (Å²) in [5.74, 6) is -6.75. The predicted octanol–water partition coefficient (Wildman–Crippen LogP) is 6.08. The summed E-state index contributed by atoms with van der Waals surface area (Å²) in [6.07, 6.45) is -6.49. The van der Waals surface area contributed by atoms with Crippen molar-refractivity contribution in [3.8, 4) is 0 Å². The lowest BCUT2D eigenvalue weighted by Crippen LogP contribution is -2.56. The summed E-state index contributed by atoms with van der Waals surface area (Å²) in [5, 5.41) is 2.52. The Hall–Kier alpha value is -4.13. The molecule has 0 radical (unpaired) electrons. The molecule has 1 saturated carbocycles. The van der Waals surface area contributed by atoms with Gasteiger partial charge in [0.25, 0.3) is 11.8 Å². The van der Waals surface area contributed by atoms with Crippen LogP contribution in [-0.4, -0.2) is 40.7 Å². The lowest BCUT2D eigenvalue weighted by molar-refractivity contribution is -0.141. The Morgan fingerprint density at radius 1 is 1.05 bits per heavy atom. The van der Waals surface area contributed by atoms with E-state index in [9.17, 15) is 40.7 Å². The second kappa shape index (κ2) is 11.5. The van der Waals surface area contributed by atoms with Crippen molar-refractivity contribution in [3.05, 3.63) is 88.8 Å². The third-order valence-corrected chi connectivity index (χ3v) is 7.58. The molecule has 1 N–H and O–H groups in total. The molecular weight excluding hydrogens is 602 g/mol. The van der Waals surface area contributed by atoms with E-state index in [1.54, 1.807) is 6.07 Å². The second-order valence-electron chi connectivity index (χ2n) is 10.3. The highest BCUT2D eigenvalue weighted by atomic mass is 35.5. The van der Waals surface area contributed by atoms with Gasteiger partial charge in [-0.25, -0.2) is 18.2 Å². The highest BCUT2D eigenvalue weighted by Gasteiger charge is 2.49. The van der Waals surface area contributed by atoms with Gasteiger partial charge in [0.15, 0.2) is 0 Å². The van der Waals surface area contributed by atoms with Crippen molar-refractivity contribution in [2.24, 2.45) is 0 Å². The Morgan fingerprint density at radius 2 is 1.74 bits per heavy atom. The summed E-state index contributed by atoms with van der Waals surface area (Å²) in [4.78, 5) is 46.4. The summed E-state index contributed by atoms with van der Waals surface area (Å²) in [6, 6.07) is 9.44. The number of hydrogen-bond acceptors (Lipinski definition) is 4. The maximum Gasteiger partial charge on any atom is 0.433 e. The lowest BCUT2D eigenvalue weighted by Gasteiger charge is -2.39. The van der Waals surface area contributed by atoms with Crippen molar-refractivity contribution in [2.45, 2.75) is 55.9 Å². The number of alkyl halides is 5. The molecule has 2 heterocycles. The summed E-state index contributed by atoms with van der Waals surface area (Å²) >= 11 is 6.43. The number of aromatic nitrogens is 1. The van der Waals surface area contributed by atoms with Crippen molar-refractivity contribution < 1.29 is 40.7 Å². The normalized spacial score (nSPS) is 19.1. The highest BCUT2D eigenvalue weighted by molar-refractivity contribution is 6.31. The van der Waals surface area contributed by atoms with E-state index in [1.807, 2.05) is 0 Å². The Labute approximate surface area is 246 Å². The van der Waals surface area contributed by atoms with Crippen LogP contribution in [0.2, 0.25) is 5.02 Å². The van der Waals surface area contributed by atoms with Gasteiger partial charge in [-0.15, -0.1) is 0 Å². The van der Waals surface area contributed by atoms with Crippen LogP contribution in [-0.2, 0) is 20.6 Å². The molecule has 1 aromatic heterocycles. The number of rotatable bonds is 7. The van der Waals surface area contributed by atoms with E-state index in [4.69, 9.17) is 11.6 Å². The van der Waals surface area contributed by atoms with Gasteiger partial charge in [0.2, 0.25) is 11.8 Å². The first-order valence-corrected chi connectivity index (χ1v) is 13.5. The summed E-state index contributed by atoms with van der Waals surface area (Å²) in [5.41, 5.74) is -1.36. The second-order valence-corrected chi connectivity index (χ2v) is 10.7. The smallest absolute Gasteiger partial charge is 0.351 e. The predicted molar refractivity (Wildman–Crippen MR) is 144 cm³/mol. The van der Waals surface area contributed by atoms with E-state index in [0.29, 0.717) is 6.07 Å². The molecule has 0 bridgehead atoms. The van der Waals surface area contributed by atoms with Crippen molar-refractivity contribution in [1.82, 2.24) is 10.3 Å². The van der Waals surface area contributed by atoms with Crippen LogP contribution in [0.3, 0.4) is 0 Å². The minimum absolute atomic E-state index is 0.0229. The van der Waals surface area contributed by atoms with Gasteiger partial charge in [0.05, 0.1) is 0 Å². The quantitative estimate of drug-likeness (QED) is 0.323. The Kier molecular flexibility index (Phi) is 8.12. The molecule has 2 aromatic carbocycles. The molecule has 14 heteroatoms. The molecule has 7 nitrogen and oxygen atoms in total. The van der Waals surface area contributed by atoms with Gasteiger partial charge < -0.3 is 5.32 Å². The molecule has 5 rings (SSSR count). The van der Waals surface area contributed by atoms with Crippen molar-refractivity contribution in [1.29, 1.82) is 0 Å². The summed E-state index contributed by atoms with van der Waals surface area (Å²) in [6.45, 7) is 0. The average molecular weight is 625 g/mol. The van der Waals surface area contributed by atoms with Gasteiger partial charge in [-0.2, -0.15) is 13.2 Å². The zero-order valence-electron chi connectivity index (χ0n) is 22.1. The van der Waals surface area contributed by atoms with Crippen LogP contribution in [0.1, 0.15) is 43.0 Å². The van der Waals surface area contributed by atoms with E-state index in [0.717, 1.165) is 34.1 Å². The van der Waals surface area contributed by atoms with Crippen LogP contribution in [0.5, 0.6) is 0 Å². The number of amides is 3. The SMILES string of the molecule is O=C(NC1CC(F)(F)C1)[C@@H](c1ccccc1Cl)N(C(=O)[C@@H]1CCC(=O)N1c1cccc(C(F)(F)F)n1)c1cccc(F)c1. The number of nitrogens with zero attached hydrogens (tertiary/aromatic N) is 3. The van der Waals surface area contributed by atoms with E-state index >= 15 is 0 Å². The third kappa shape index (κ3) is 6.31. The van der Waals surface area contributed by atoms with Gasteiger partial charge in [-0.1, -0.05) is 41.9 Å². The minimum atomic E-state index is -4.84. The van der Waals surface area contributed by atoms with E-state index in [1.165, 1.54) is 30.3 Å². The van der Waals surface area contributed by atoms with Crippen LogP contribution >= 0.6 is 11.6 Å². The number of nitrogens with one attached hydrogen (secondary N) is 1. The molecule has 2 atom stereocenters. The third-order valence-electron chi connectivity index (χ3n) is 7.24. The fraction of sp³-hybridized carbons (Fsp3) is 0.310. The van der Waals surface area contributed by atoms with Crippen LogP contribution < -0.4 is 15.1 Å². The Balaban J connectivity index is 1.60. The van der Waals surface area contributed by atoms with Crippen LogP contribution in [0.25, 0.3) is 0 Å². The molecular formula is C29H23ClF6N4O3. The zero-order chi connectivity index (χ0) is 31.1. The molecule has 0 unspecified atom stereocenters. The number of hydrogen-bond donors (Lipinski definition) is 1. The van der Waals surface area contributed by atoms with Gasteiger partial charge in [0.1, 0.15) is 29.4 Å². The number of carbonyl (C=O) groups is 3. The van der Waals surface area contributed by atoms with Gasteiger partial charge in [-0.05, 0) is 42.8 Å². The molecule has 3 aromatic rings. The largest absolute Gasteiger partial charge is 0.433 e. The molecule has 43 heavy (non-hydrogen) atoms. The number of halogens is 7. The first-order chi connectivity index (χ1) is 20.2. The lowest BCUT2D eigenvalue weighted by atomic mass is 9.87. The molecule has 0 spiro atoms. The van der Waals surface area contributed by atoms with E-state index in [-0.39, 0.29) is 29.1 Å². The fourth-order valence-corrected chi connectivity index (χ4v) is 5.49. The molecule has 3 amide bonds. The van der Waals surface area contributed by atoms with E-state index < -0.39 is 78.1 Å². The molecule has 2 fully saturated rings. The standard InChI is InChI=1S/C29H23ClF6N4O3/c30-20-8-2-1-7-19(20)25(26(42)37-17-14-28(32,33)15-17)39(18-6-3-5-16(31)13-18)27(43)21-11-12-24(41)40(21)23-10-4-9-22(38-23)29(34,35)36/h1-10,13,17,21,25H,11-12,14-15H2,(H,37,42)/t21-,25+/m0/s1. The zero-order valence-corrected chi connectivity index (χ0v) is 22.9. The number of carbonyl (C=O) groups excluding carboxylic acids is 3. The Bertz CT molecular complexity index is 1560. The van der Waals surface area contributed by atoms with Crippen molar-refractivity contribution in [2.75, 3.05) is 9.80 Å². The maximum absolute atomic E-state index is 14.5. The van der Waals surface area contributed by atoms with Crippen LogP contribution in [0.4, 0.5) is 37.8 Å². The molecule has 1 aliphatic carbocycles. The molecule has 1 saturated heterocycles. The topological polar surface area (TPSA) is 82.6 Å². The number of pyridine rings is 1. The van der Waals surface area contributed by atoms with Gasteiger partial charge in [0, 0.05) is 41.6 Å². The van der Waals surface area contributed by atoms with Crippen LogP contribution in [0.15, 0.2) is 66.7 Å². The Morgan fingerprint density at radius 3 is 2.40 bits per heavy atom.